The zero-order chi connectivity index (χ0) is 14.5. The van der Waals surface area contributed by atoms with Crippen LogP contribution in [0.3, 0.4) is 0 Å². The van der Waals surface area contributed by atoms with Crippen LogP contribution in [0.25, 0.3) is 17.3 Å². The Morgan fingerprint density at radius 2 is 2.30 bits per heavy atom. The van der Waals surface area contributed by atoms with E-state index in [9.17, 15) is 9.90 Å². The quantitative estimate of drug-likeness (QED) is 0.879. The van der Waals surface area contributed by atoms with Crippen LogP contribution in [-0.4, -0.2) is 21.0 Å². The number of hydrogen-bond acceptors (Lipinski definition) is 3. The van der Waals surface area contributed by atoms with Crippen molar-refractivity contribution in [2.45, 2.75) is 19.4 Å². The van der Waals surface area contributed by atoms with Crippen molar-refractivity contribution >= 4 is 12.0 Å². The highest BCUT2D eigenvalue weighted by Crippen LogP contribution is 2.46. The molecular weight excluding hydrogens is 256 g/mol. The minimum absolute atomic E-state index is 0.131. The Labute approximate surface area is 115 Å². The molecule has 0 amide bonds. The number of carbonyl (C=O) groups is 1. The van der Waals surface area contributed by atoms with Gasteiger partial charge in [0.2, 0.25) is 0 Å². The van der Waals surface area contributed by atoms with E-state index in [0.717, 1.165) is 16.8 Å². The standard InChI is InChI=1S/C15H14N2O3/c1-4-8-11-12(17-13(8)14(18)19)9-5-6-16-7-10(9)20-15(11,2)3/h4-7,17H,1H2,2-3H3,(H,18,19). The highest BCUT2D eigenvalue weighted by Gasteiger charge is 2.38. The summed E-state index contributed by atoms with van der Waals surface area (Å²) in [4.78, 5) is 18.4. The third-order valence-electron chi connectivity index (χ3n) is 3.48. The van der Waals surface area contributed by atoms with Crippen LogP contribution < -0.4 is 4.74 Å². The second-order valence-corrected chi connectivity index (χ2v) is 5.16. The van der Waals surface area contributed by atoms with Crippen molar-refractivity contribution in [3.8, 4) is 17.0 Å². The molecule has 102 valence electrons. The Hall–Kier alpha value is -2.56. The predicted molar refractivity (Wildman–Crippen MR) is 74.7 cm³/mol. The smallest absolute Gasteiger partial charge is 0.352 e. The number of aromatic carboxylic acids is 1. The van der Waals surface area contributed by atoms with E-state index in [-0.39, 0.29) is 5.69 Å². The Bertz CT molecular complexity index is 729. The van der Waals surface area contributed by atoms with E-state index >= 15 is 0 Å². The van der Waals surface area contributed by atoms with Gasteiger partial charge < -0.3 is 14.8 Å². The summed E-state index contributed by atoms with van der Waals surface area (Å²) in [7, 11) is 0. The summed E-state index contributed by atoms with van der Waals surface area (Å²) in [6.45, 7) is 7.52. The molecule has 0 radical (unpaired) electrons. The Morgan fingerprint density at radius 1 is 1.55 bits per heavy atom. The largest absolute Gasteiger partial charge is 0.481 e. The van der Waals surface area contributed by atoms with E-state index in [4.69, 9.17) is 4.74 Å². The molecule has 1 aliphatic rings. The minimum Gasteiger partial charge on any atom is -0.481 e. The van der Waals surface area contributed by atoms with Gasteiger partial charge in [0.05, 0.1) is 11.9 Å². The lowest BCUT2D eigenvalue weighted by Gasteiger charge is -2.33. The molecule has 1 aliphatic heterocycles. The van der Waals surface area contributed by atoms with Gasteiger partial charge in [-0.3, -0.25) is 4.98 Å². The lowest BCUT2D eigenvalue weighted by molar-refractivity contribution is 0.0691. The number of H-pyrrole nitrogens is 1. The van der Waals surface area contributed by atoms with Crippen LogP contribution in [0.4, 0.5) is 0 Å². The third kappa shape index (κ3) is 1.56. The molecule has 20 heavy (non-hydrogen) atoms. The normalized spacial score (nSPS) is 14.9. The molecule has 0 aromatic carbocycles. The van der Waals surface area contributed by atoms with Crippen molar-refractivity contribution in [2.75, 3.05) is 0 Å². The Kier molecular flexibility index (Phi) is 2.47. The van der Waals surface area contributed by atoms with Gasteiger partial charge in [-0.2, -0.15) is 0 Å². The van der Waals surface area contributed by atoms with Crippen molar-refractivity contribution in [2.24, 2.45) is 0 Å². The van der Waals surface area contributed by atoms with Gasteiger partial charge in [-0.15, -0.1) is 0 Å². The second-order valence-electron chi connectivity index (χ2n) is 5.16. The number of carboxylic acids is 1. The second kappa shape index (κ2) is 3.96. The molecule has 0 unspecified atom stereocenters. The average molecular weight is 270 g/mol. The summed E-state index contributed by atoms with van der Waals surface area (Å²) >= 11 is 0. The number of rotatable bonds is 2. The first-order valence-corrected chi connectivity index (χ1v) is 6.21. The average Bonchev–Trinajstić information content (AvgIpc) is 2.79. The molecule has 5 nitrogen and oxygen atoms in total. The molecule has 0 saturated heterocycles. The maximum Gasteiger partial charge on any atom is 0.352 e. The van der Waals surface area contributed by atoms with Crippen molar-refractivity contribution in [3.05, 3.63) is 41.9 Å². The number of ether oxygens (including phenoxy) is 1. The number of aromatic amines is 1. The monoisotopic (exact) mass is 270 g/mol. The van der Waals surface area contributed by atoms with E-state index in [0.29, 0.717) is 11.3 Å². The number of aromatic nitrogens is 2. The molecule has 3 heterocycles. The SMILES string of the molecule is C=Cc1c(C(=O)O)[nH]c2c1C(C)(C)Oc1cnccc1-2. The fraction of sp³-hybridized carbons (Fsp3) is 0.200. The topological polar surface area (TPSA) is 75.2 Å². The molecule has 2 N–H and O–H groups in total. The minimum atomic E-state index is -1.01. The van der Waals surface area contributed by atoms with Crippen LogP contribution in [0.5, 0.6) is 5.75 Å². The summed E-state index contributed by atoms with van der Waals surface area (Å²) in [5.74, 6) is -0.375. The number of hydrogen-bond donors (Lipinski definition) is 2. The molecule has 0 spiro atoms. The maximum atomic E-state index is 11.4. The van der Waals surface area contributed by atoms with Crippen LogP contribution in [0, 0.1) is 0 Å². The van der Waals surface area contributed by atoms with Crippen molar-refractivity contribution in [3.63, 3.8) is 0 Å². The molecular formula is C15H14N2O3. The van der Waals surface area contributed by atoms with Gasteiger partial charge in [-0.1, -0.05) is 12.7 Å². The summed E-state index contributed by atoms with van der Waals surface area (Å²) in [6, 6.07) is 1.80. The van der Waals surface area contributed by atoms with Gasteiger partial charge in [0, 0.05) is 22.9 Å². The zero-order valence-electron chi connectivity index (χ0n) is 11.2. The molecule has 0 saturated carbocycles. The maximum absolute atomic E-state index is 11.4. The first-order valence-electron chi connectivity index (χ1n) is 6.21. The van der Waals surface area contributed by atoms with Gasteiger partial charge in [-0.25, -0.2) is 4.79 Å². The van der Waals surface area contributed by atoms with Crippen molar-refractivity contribution < 1.29 is 14.6 Å². The predicted octanol–water partition coefficient (Wildman–Crippen LogP) is 3.05. The molecule has 0 atom stereocenters. The van der Waals surface area contributed by atoms with Crippen molar-refractivity contribution in [1.82, 2.24) is 9.97 Å². The van der Waals surface area contributed by atoms with Crippen LogP contribution in [0.15, 0.2) is 25.0 Å². The first kappa shape index (κ1) is 12.5. The van der Waals surface area contributed by atoms with Gasteiger partial charge in [0.1, 0.15) is 17.0 Å². The van der Waals surface area contributed by atoms with Gasteiger partial charge in [0.15, 0.2) is 0 Å². The zero-order valence-corrected chi connectivity index (χ0v) is 11.2. The van der Waals surface area contributed by atoms with Gasteiger partial charge >= 0.3 is 5.97 Å². The van der Waals surface area contributed by atoms with Crippen molar-refractivity contribution in [1.29, 1.82) is 0 Å². The lowest BCUT2D eigenvalue weighted by atomic mass is 9.88. The highest BCUT2D eigenvalue weighted by molar-refractivity contribution is 5.94. The Balaban J connectivity index is 2.39. The molecule has 3 rings (SSSR count). The van der Waals surface area contributed by atoms with E-state index in [1.165, 1.54) is 0 Å². The first-order chi connectivity index (χ1) is 9.45. The Morgan fingerprint density at radius 3 is 2.95 bits per heavy atom. The number of nitrogens with one attached hydrogen (secondary N) is 1. The van der Waals surface area contributed by atoms with Crippen LogP contribution in [0.2, 0.25) is 0 Å². The molecule has 0 aliphatic carbocycles. The summed E-state index contributed by atoms with van der Waals surface area (Å²) in [6.07, 6.45) is 4.84. The molecule has 2 aromatic rings. The highest BCUT2D eigenvalue weighted by atomic mass is 16.5. The van der Waals surface area contributed by atoms with E-state index in [1.54, 1.807) is 24.5 Å². The van der Waals surface area contributed by atoms with Crippen LogP contribution >= 0.6 is 0 Å². The molecule has 0 bridgehead atoms. The summed E-state index contributed by atoms with van der Waals surface area (Å²) in [5, 5.41) is 9.33. The van der Waals surface area contributed by atoms with Gasteiger partial charge in [-0.05, 0) is 19.9 Å². The third-order valence-corrected chi connectivity index (χ3v) is 3.48. The fourth-order valence-corrected chi connectivity index (χ4v) is 2.71. The lowest BCUT2D eigenvalue weighted by Crippen LogP contribution is -2.29. The van der Waals surface area contributed by atoms with Gasteiger partial charge in [0.25, 0.3) is 0 Å². The fourth-order valence-electron chi connectivity index (χ4n) is 2.71. The van der Waals surface area contributed by atoms with E-state index in [1.807, 2.05) is 13.8 Å². The molecule has 2 aromatic heterocycles. The van der Waals surface area contributed by atoms with E-state index < -0.39 is 11.6 Å². The molecule has 0 fully saturated rings. The number of nitrogens with zero attached hydrogens (tertiary/aromatic N) is 1. The number of carboxylic acid groups (broad SMARTS) is 1. The van der Waals surface area contributed by atoms with Crippen LogP contribution in [0.1, 0.15) is 35.5 Å². The van der Waals surface area contributed by atoms with Crippen LogP contribution in [-0.2, 0) is 5.60 Å². The number of pyridine rings is 1. The number of fused-ring (bicyclic) bond motifs is 3. The summed E-state index contributed by atoms with van der Waals surface area (Å²) in [5.41, 5.74) is 2.42. The summed E-state index contributed by atoms with van der Waals surface area (Å²) < 4.78 is 5.96. The molecule has 5 heteroatoms. The van der Waals surface area contributed by atoms with E-state index in [2.05, 4.69) is 16.5 Å².